The monoisotopic (exact) mass is 347 g/mol. The van der Waals surface area contributed by atoms with E-state index in [0.717, 1.165) is 24.5 Å². The zero-order chi connectivity index (χ0) is 17.6. The van der Waals surface area contributed by atoms with Crippen LogP contribution in [0.25, 0.3) is 0 Å². The highest BCUT2D eigenvalue weighted by molar-refractivity contribution is 7.92. The molecule has 2 aromatic rings. The van der Waals surface area contributed by atoms with Crippen LogP contribution >= 0.6 is 0 Å². The molecule has 0 saturated carbocycles. The van der Waals surface area contributed by atoms with E-state index in [0.29, 0.717) is 5.69 Å². The number of benzene rings is 2. The van der Waals surface area contributed by atoms with Gasteiger partial charge in [0.2, 0.25) is 10.0 Å². The minimum absolute atomic E-state index is 0.0614. The molecule has 0 spiro atoms. The van der Waals surface area contributed by atoms with Crippen molar-refractivity contribution in [2.45, 2.75) is 20.8 Å². The average molecular weight is 347 g/mol. The summed E-state index contributed by atoms with van der Waals surface area (Å²) in [6.07, 6.45) is 0. The van der Waals surface area contributed by atoms with E-state index in [-0.39, 0.29) is 5.75 Å². The van der Waals surface area contributed by atoms with Crippen LogP contribution in [0, 0.1) is 0 Å². The van der Waals surface area contributed by atoms with Crippen molar-refractivity contribution < 1.29 is 8.42 Å². The Morgan fingerprint density at radius 1 is 0.792 bits per heavy atom. The minimum Gasteiger partial charge on any atom is -0.372 e. The predicted molar refractivity (Wildman–Crippen MR) is 103 cm³/mol. The number of anilines is 4. The van der Waals surface area contributed by atoms with Crippen molar-refractivity contribution >= 4 is 32.8 Å². The minimum atomic E-state index is -3.24. The molecule has 2 aromatic carbocycles. The fraction of sp³-hybridized carbons (Fsp3) is 0.333. The van der Waals surface area contributed by atoms with E-state index in [1.165, 1.54) is 5.69 Å². The van der Waals surface area contributed by atoms with Crippen molar-refractivity contribution in [3.05, 3.63) is 48.5 Å². The van der Waals surface area contributed by atoms with E-state index in [4.69, 9.17) is 0 Å². The van der Waals surface area contributed by atoms with Crippen LogP contribution in [0.15, 0.2) is 48.5 Å². The van der Waals surface area contributed by atoms with Gasteiger partial charge in [0.25, 0.3) is 0 Å². The molecule has 24 heavy (non-hydrogen) atoms. The zero-order valence-corrected chi connectivity index (χ0v) is 15.2. The van der Waals surface area contributed by atoms with Crippen LogP contribution in [-0.4, -0.2) is 27.3 Å². The van der Waals surface area contributed by atoms with Crippen LogP contribution in [0.4, 0.5) is 22.7 Å². The summed E-state index contributed by atoms with van der Waals surface area (Å²) < 4.78 is 25.6. The Labute approximate surface area is 144 Å². The Bertz CT molecular complexity index is 737. The summed E-state index contributed by atoms with van der Waals surface area (Å²) in [4.78, 5) is 2.29. The first-order valence-electron chi connectivity index (χ1n) is 8.20. The molecule has 0 amide bonds. The second-order valence-corrected chi connectivity index (χ2v) is 7.44. The lowest BCUT2D eigenvalue weighted by Gasteiger charge is -2.21. The van der Waals surface area contributed by atoms with E-state index in [9.17, 15) is 8.42 Å². The standard InChI is InChI=1S/C18H25N3O2S/c1-4-21(5-2)18-13-11-16(12-14-18)19-15-7-9-17(10-8-15)20-24(22,23)6-3/h7-14,19-20H,4-6H2,1-3H3. The molecule has 0 atom stereocenters. The highest BCUT2D eigenvalue weighted by Gasteiger charge is 2.06. The highest BCUT2D eigenvalue weighted by atomic mass is 32.2. The van der Waals surface area contributed by atoms with Gasteiger partial charge in [-0.1, -0.05) is 0 Å². The van der Waals surface area contributed by atoms with Gasteiger partial charge in [-0.05, 0) is 69.3 Å². The Morgan fingerprint density at radius 3 is 1.71 bits per heavy atom. The summed E-state index contributed by atoms with van der Waals surface area (Å²) in [6, 6.07) is 15.5. The molecule has 6 heteroatoms. The largest absolute Gasteiger partial charge is 0.372 e. The topological polar surface area (TPSA) is 61.4 Å². The fourth-order valence-electron chi connectivity index (χ4n) is 2.38. The fourth-order valence-corrected chi connectivity index (χ4v) is 3.02. The lowest BCUT2D eigenvalue weighted by Crippen LogP contribution is -2.21. The van der Waals surface area contributed by atoms with Crippen molar-refractivity contribution in [2.75, 3.05) is 33.8 Å². The Hall–Kier alpha value is -2.21. The zero-order valence-electron chi connectivity index (χ0n) is 14.4. The van der Waals surface area contributed by atoms with Crippen LogP contribution in [0.3, 0.4) is 0 Å². The summed E-state index contributed by atoms with van der Waals surface area (Å²) in [5, 5.41) is 3.31. The third-order valence-electron chi connectivity index (χ3n) is 3.82. The molecule has 0 heterocycles. The number of hydrogen-bond donors (Lipinski definition) is 2. The van der Waals surface area contributed by atoms with Gasteiger partial charge in [0.05, 0.1) is 5.75 Å². The molecule has 0 saturated heterocycles. The second kappa shape index (κ2) is 8.06. The van der Waals surface area contributed by atoms with Crippen molar-refractivity contribution in [1.29, 1.82) is 0 Å². The number of hydrogen-bond acceptors (Lipinski definition) is 4. The Kier molecular flexibility index (Phi) is 6.09. The second-order valence-electron chi connectivity index (χ2n) is 5.43. The quantitative estimate of drug-likeness (QED) is 0.756. The van der Waals surface area contributed by atoms with Gasteiger partial charge in [-0.3, -0.25) is 4.72 Å². The Morgan fingerprint density at radius 2 is 1.25 bits per heavy atom. The van der Waals surface area contributed by atoms with Gasteiger partial charge in [-0.15, -0.1) is 0 Å². The van der Waals surface area contributed by atoms with Crippen LogP contribution in [0.2, 0.25) is 0 Å². The van der Waals surface area contributed by atoms with Gasteiger partial charge < -0.3 is 10.2 Å². The molecule has 2 N–H and O–H groups in total. The molecule has 0 aliphatic carbocycles. The normalized spacial score (nSPS) is 11.1. The molecule has 0 unspecified atom stereocenters. The van der Waals surface area contributed by atoms with Crippen molar-refractivity contribution in [3.8, 4) is 0 Å². The summed E-state index contributed by atoms with van der Waals surface area (Å²) >= 11 is 0. The van der Waals surface area contributed by atoms with Crippen molar-refractivity contribution in [3.63, 3.8) is 0 Å². The first kappa shape index (κ1) is 18.1. The molecule has 0 radical (unpaired) electrons. The molecule has 0 fully saturated rings. The van der Waals surface area contributed by atoms with E-state index < -0.39 is 10.0 Å². The number of nitrogens with one attached hydrogen (secondary N) is 2. The summed E-state index contributed by atoms with van der Waals surface area (Å²) in [7, 11) is -3.24. The molecule has 2 rings (SSSR count). The molecule has 5 nitrogen and oxygen atoms in total. The van der Waals surface area contributed by atoms with E-state index in [1.807, 2.05) is 24.3 Å². The summed E-state index contributed by atoms with van der Waals surface area (Å²) in [5.41, 5.74) is 3.67. The number of nitrogens with zero attached hydrogens (tertiary/aromatic N) is 1. The van der Waals surface area contributed by atoms with Gasteiger partial charge in [0, 0.05) is 35.8 Å². The van der Waals surface area contributed by atoms with E-state index >= 15 is 0 Å². The van der Waals surface area contributed by atoms with Crippen LogP contribution < -0.4 is 14.9 Å². The van der Waals surface area contributed by atoms with Gasteiger partial charge in [0.15, 0.2) is 0 Å². The van der Waals surface area contributed by atoms with Gasteiger partial charge in [-0.2, -0.15) is 0 Å². The summed E-state index contributed by atoms with van der Waals surface area (Å²) in [5.74, 6) is 0.0614. The van der Waals surface area contributed by atoms with Crippen LogP contribution in [-0.2, 0) is 10.0 Å². The molecule has 0 aromatic heterocycles. The molecule has 130 valence electrons. The molecule has 0 bridgehead atoms. The van der Waals surface area contributed by atoms with Gasteiger partial charge in [0.1, 0.15) is 0 Å². The molecule has 0 aliphatic heterocycles. The Balaban J connectivity index is 2.03. The number of sulfonamides is 1. The number of rotatable bonds is 8. The predicted octanol–water partition coefficient (Wildman–Crippen LogP) is 4.04. The lowest BCUT2D eigenvalue weighted by atomic mass is 10.2. The smallest absolute Gasteiger partial charge is 0.232 e. The maximum Gasteiger partial charge on any atom is 0.232 e. The van der Waals surface area contributed by atoms with Crippen molar-refractivity contribution in [1.82, 2.24) is 0 Å². The lowest BCUT2D eigenvalue weighted by molar-refractivity contribution is 0.602. The third kappa shape index (κ3) is 4.89. The molecular formula is C18H25N3O2S. The maximum atomic E-state index is 11.6. The first-order chi connectivity index (χ1) is 11.5. The average Bonchev–Trinajstić information content (AvgIpc) is 2.59. The third-order valence-corrected chi connectivity index (χ3v) is 5.13. The van der Waals surface area contributed by atoms with Crippen molar-refractivity contribution in [2.24, 2.45) is 0 Å². The summed E-state index contributed by atoms with van der Waals surface area (Å²) in [6.45, 7) is 7.87. The van der Waals surface area contributed by atoms with Gasteiger partial charge in [-0.25, -0.2) is 8.42 Å². The maximum absolute atomic E-state index is 11.6. The highest BCUT2D eigenvalue weighted by Crippen LogP contribution is 2.22. The van der Waals surface area contributed by atoms with Crippen LogP contribution in [0.1, 0.15) is 20.8 Å². The van der Waals surface area contributed by atoms with Gasteiger partial charge >= 0.3 is 0 Å². The molecular weight excluding hydrogens is 322 g/mol. The molecule has 0 aliphatic rings. The first-order valence-corrected chi connectivity index (χ1v) is 9.85. The van der Waals surface area contributed by atoms with Crippen LogP contribution in [0.5, 0.6) is 0 Å². The van der Waals surface area contributed by atoms with E-state index in [2.05, 4.69) is 40.9 Å². The SMILES string of the molecule is CCN(CC)c1ccc(Nc2ccc(NS(=O)(=O)CC)cc2)cc1. The van der Waals surface area contributed by atoms with E-state index in [1.54, 1.807) is 19.1 Å².